The molecule has 1 N–H and O–H groups in total. The highest BCUT2D eigenvalue weighted by Gasteiger charge is 2.34. The van der Waals surface area contributed by atoms with Crippen molar-refractivity contribution in [2.24, 2.45) is 5.92 Å². The molecule has 2 atom stereocenters. The van der Waals surface area contributed by atoms with E-state index in [2.05, 4.69) is 5.32 Å². The summed E-state index contributed by atoms with van der Waals surface area (Å²) in [6.07, 6.45) is -3.18. The number of piperidine rings is 1. The minimum absolute atomic E-state index is 0.00798. The number of hydrogen-bond acceptors (Lipinski definition) is 3. The van der Waals surface area contributed by atoms with Crippen LogP contribution in [0.25, 0.3) is 0 Å². The summed E-state index contributed by atoms with van der Waals surface area (Å²) in [7, 11) is 0. The molecular weight excluding hydrogens is 285 g/mol. The van der Waals surface area contributed by atoms with Gasteiger partial charge in [0, 0.05) is 12.6 Å². The Balaban J connectivity index is 2.46. The lowest BCUT2D eigenvalue weighted by Crippen LogP contribution is -2.49. The molecule has 21 heavy (non-hydrogen) atoms. The molecule has 0 aromatic carbocycles. The summed E-state index contributed by atoms with van der Waals surface area (Å²) >= 11 is 0. The number of rotatable bonds is 3. The highest BCUT2D eigenvalue weighted by molar-refractivity contribution is 5.68. The van der Waals surface area contributed by atoms with Crippen molar-refractivity contribution >= 4 is 6.09 Å². The Morgan fingerprint density at radius 1 is 1.38 bits per heavy atom. The number of likely N-dealkylation sites (tertiary alicyclic amines) is 1. The van der Waals surface area contributed by atoms with Crippen molar-refractivity contribution in [2.75, 3.05) is 19.6 Å². The van der Waals surface area contributed by atoms with Crippen LogP contribution < -0.4 is 5.32 Å². The van der Waals surface area contributed by atoms with E-state index in [0.717, 1.165) is 6.42 Å². The molecule has 0 aromatic rings. The van der Waals surface area contributed by atoms with Crippen molar-refractivity contribution in [2.45, 2.75) is 58.4 Å². The molecule has 0 radical (unpaired) electrons. The normalized spacial score (nSPS) is 22.7. The highest BCUT2D eigenvalue weighted by Crippen LogP contribution is 2.24. The van der Waals surface area contributed by atoms with Crippen LogP contribution in [-0.4, -0.2) is 48.4 Å². The Kier molecular flexibility index (Phi) is 5.90. The van der Waals surface area contributed by atoms with Gasteiger partial charge in [-0.15, -0.1) is 0 Å². The third-order valence-electron chi connectivity index (χ3n) is 3.40. The van der Waals surface area contributed by atoms with E-state index in [0.29, 0.717) is 19.5 Å². The van der Waals surface area contributed by atoms with Crippen molar-refractivity contribution in [3.63, 3.8) is 0 Å². The van der Waals surface area contributed by atoms with Crippen LogP contribution in [-0.2, 0) is 4.74 Å². The quantitative estimate of drug-likeness (QED) is 0.870. The second kappa shape index (κ2) is 6.85. The highest BCUT2D eigenvalue weighted by atomic mass is 19.4. The molecule has 0 bridgehead atoms. The van der Waals surface area contributed by atoms with Gasteiger partial charge in [0.1, 0.15) is 5.60 Å². The standard InChI is InChI=1S/C14H25F3N2O2/c1-10(18-12(20)21-13(2,3)4)11-6-5-7-19(8-11)9-14(15,16)17/h10-11H,5-9H2,1-4H3,(H,18,20). The monoisotopic (exact) mass is 310 g/mol. The second-order valence-electron chi connectivity index (χ2n) is 6.69. The Morgan fingerprint density at radius 3 is 2.52 bits per heavy atom. The van der Waals surface area contributed by atoms with E-state index in [-0.39, 0.29) is 12.0 Å². The first-order valence-electron chi connectivity index (χ1n) is 7.25. The largest absolute Gasteiger partial charge is 0.444 e. The van der Waals surface area contributed by atoms with E-state index < -0.39 is 24.4 Å². The fourth-order valence-corrected chi connectivity index (χ4v) is 2.51. The number of ether oxygens (including phenoxy) is 1. The summed E-state index contributed by atoms with van der Waals surface area (Å²) in [4.78, 5) is 13.1. The van der Waals surface area contributed by atoms with E-state index in [9.17, 15) is 18.0 Å². The van der Waals surface area contributed by atoms with Crippen LogP contribution in [0.3, 0.4) is 0 Å². The predicted molar refractivity (Wildman–Crippen MR) is 74.1 cm³/mol. The van der Waals surface area contributed by atoms with Gasteiger partial charge in [-0.25, -0.2) is 4.79 Å². The molecule has 1 aliphatic heterocycles. The van der Waals surface area contributed by atoms with Gasteiger partial charge in [0.25, 0.3) is 0 Å². The zero-order valence-electron chi connectivity index (χ0n) is 13.1. The maximum Gasteiger partial charge on any atom is 0.407 e. The number of alkyl halides is 3. The molecule has 1 saturated heterocycles. The average Bonchev–Trinajstić information content (AvgIpc) is 2.23. The Hall–Kier alpha value is -0.980. The molecule has 1 amide bonds. The number of alkyl carbamates (subject to hydrolysis) is 1. The smallest absolute Gasteiger partial charge is 0.407 e. The van der Waals surface area contributed by atoms with Gasteiger partial charge in [0.05, 0.1) is 6.54 Å². The molecular formula is C14H25F3N2O2. The molecule has 1 fully saturated rings. The fourth-order valence-electron chi connectivity index (χ4n) is 2.51. The number of halogens is 3. The fraction of sp³-hybridized carbons (Fsp3) is 0.929. The molecule has 4 nitrogen and oxygen atoms in total. The van der Waals surface area contributed by atoms with Gasteiger partial charge >= 0.3 is 12.3 Å². The van der Waals surface area contributed by atoms with E-state index in [1.807, 2.05) is 6.92 Å². The molecule has 0 aliphatic carbocycles. The van der Waals surface area contributed by atoms with Gasteiger partial charge in [0.2, 0.25) is 0 Å². The lowest BCUT2D eigenvalue weighted by molar-refractivity contribution is -0.149. The number of carbonyl (C=O) groups excluding carboxylic acids is 1. The molecule has 0 aromatic heterocycles. The van der Waals surface area contributed by atoms with E-state index in [4.69, 9.17) is 4.74 Å². The maximum atomic E-state index is 12.4. The number of hydrogen-bond donors (Lipinski definition) is 1. The SMILES string of the molecule is CC(NC(=O)OC(C)(C)C)C1CCCN(CC(F)(F)F)C1. The Morgan fingerprint density at radius 2 is 2.00 bits per heavy atom. The predicted octanol–water partition coefficient (Wildman–Crippen LogP) is 3.17. The lowest BCUT2D eigenvalue weighted by atomic mass is 9.91. The van der Waals surface area contributed by atoms with Gasteiger partial charge in [-0.2, -0.15) is 13.2 Å². The van der Waals surface area contributed by atoms with E-state index >= 15 is 0 Å². The number of carbonyl (C=O) groups is 1. The average molecular weight is 310 g/mol. The number of nitrogens with zero attached hydrogens (tertiary/aromatic N) is 1. The molecule has 7 heteroatoms. The van der Waals surface area contributed by atoms with Crippen molar-refractivity contribution in [3.05, 3.63) is 0 Å². The van der Waals surface area contributed by atoms with Crippen LogP contribution in [0.4, 0.5) is 18.0 Å². The minimum atomic E-state index is -4.18. The van der Waals surface area contributed by atoms with Crippen molar-refractivity contribution < 1.29 is 22.7 Å². The van der Waals surface area contributed by atoms with Crippen LogP contribution in [0.1, 0.15) is 40.5 Å². The van der Waals surface area contributed by atoms with Crippen LogP contribution >= 0.6 is 0 Å². The third kappa shape index (κ3) is 7.55. The van der Waals surface area contributed by atoms with Crippen LogP contribution in [0, 0.1) is 5.92 Å². The molecule has 0 saturated carbocycles. The lowest BCUT2D eigenvalue weighted by Gasteiger charge is -2.36. The van der Waals surface area contributed by atoms with Crippen molar-refractivity contribution in [3.8, 4) is 0 Å². The summed E-state index contributed by atoms with van der Waals surface area (Å²) in [5.74, 6) is 0.00798. The summed E-state index contributed by atoms with van der Waals surface area (Å²) in [6.45, 7) is 7.02. The first-order valence-corrected chi connectivity index (χ1v) is 7.25. The maximum absolute atomic E-state index is 12.4. The Labute approximate surface area is 124 Å². The van der Waals surface area contributed by atoms with Crippen molar-refractivity contribution in [1.82, 2.24) is 10.2 Å². The van der Waals surface area contributed by atoms with Gasteiger partial charge in [-0.3, -0.25) is 4.90 Å². The van der Waals surface area contributed by atoms with Crippen molar-refractivity contribution in [1.29, 1.82) is 0 Å². The molecule has 1 rings (SSSR count). The molecule has 1 heterocycles. The number of nitrogens with one attached hydrogen (secondary N) is 1. The second-order valence-corrected chi connectivity index (χ2v) is 6.69. The van der Waals surface area contributed by atoms with Gasteiger partial charge in [-0.1, -0.05) is 0 Å². The zero-order chi connectivity index (χ0) is 16.3. The molecule has 2 unspecified atom stereocenters. The Bertz CT molecular complexity index is 353. The van der Waals surface area contributed by atoms with Gasteiger partial charge in [-0.05, 0) is 53.0 Å². The minimum Gasteiger partial charge on any atom is -0.444 e. The summed E-state index contributed by atoms with van der Waals surface area (Å²) in [6, 6.07) is -0.212. The van der Waals surface area contributed by atoms with Crippen LogP contribution in [0.5, 0.6) is 0 Å². The zero-order valence-corrected chi connectivity index (χ0v) is 13.1. The van der Waals surface area contributed by atoms with E-state index in [1.54, 1.807) is 20.8 Å². The number of amides is 1. The molecule has 0 spiro atoms. The van der Waals surface area contributed by atoms with Gasteiger partial charge in [0.15, 0.2) is 0 Å². The molecule has 1 aliphatic rings. The summed E-state index contributed by atoms with van der Waals surface area (Å²) in [5.41, 5.74) is -0.585. The van der Waals surface area contributed by atoms with Gasteiger partial charge < -0.3 is 10.1 Å². The van der Waals surface area contributed by atoms with Crippen LogP contribution in [0.2, 0.25) is 0 Å². The topological polar surface area (TPSA) is 41.6 Å². The van der Waals surface area contributed by atoms with E-state index in [1.165, 1.54) is 4.90 Å². The van der Waals surface area contributed by atoms with Crippen LogP contribution in [0.15, 0.2) is 0 Å². The first kappa shape index (κ1) is 18.1. The summed E-state index contributed by atoms with van der Waals surface area (Å²) < 4.78 is 42.5. The third-order valence-corrected chi connectivity index (χ3v) is 3.40. The molecule has 124 valence electrons. The first-order chi connectivity index (χ1) is 9.46. The summed E-state index contributed by atoms with van der Waals surface area (Å²) in [5, 5.41) is 2.72.